The van der Waals surface area contributed by atoms with Crippen LogP contribution in [0.25, 0.3) is 0 Å². The Morgan fingerprint density at radius 2 is 2.00 bits per heavy atom. The monoisotopic (exact) mass is 297 g/mol. The lowest BCUT2D eigenvalue weighted by Gasteiger charge is -2.11. The number of benzene rings is 1. The number of amides is 1. The van der Waals surface area contributed by atoms with Crippen LogP contribution in [-0.4, -0.2) is 23.7 Å². The minimum absolute atomic E-state index is 0.0720. The Balaban J connectivity index is 1.87. The molecule has 0 saturated carbocycles. The van der Waals surface area contributed by atoms with Gasteiger partial charge in [-0.25, -0.2) is 5.43 Å². The van der Waals surface area contributed by atoms with Crippen molar-refractivity contribution in [2.45, 2.75) is 20.8 Å². The predicted octanol–water partition coefficient (Wildman–Crippen LogP) is 2.54. The van der Waals surface area contributed by atoms with Gasteiger partial charge in [-0.1, -0.05) is 6.07 Å². The van der Waals surface area contributed by atoms with Crippen LogP contribution in [-0.2, 0) is 4.79 Å². The molecule has 1 heterocycles. The van der Waals surface area contributed by atoms with Crippen LogP contribution in [0.3, 0.4) is 0 Å². The average Bonchev–Trinajstić information content (AvgIpc) is 2.50. The first-order valence-electron chi connectivity index (χ1n) is 6.99. The number of ether oxygens (including phenoxy) is 1. The quantitative estimate of drug-likeness (QED) is 0.681. The fraction of sp³-hybridized carbons (Fsp3) is 0.235. The number of hydrogen-bond acceptors (Lipinski definition) is 4. The lowest BCUT2D eigenvalue weighted by molar-refractivity contribution is -0.123. The highest BCUT2D eigenvalue weighted by molar-refractivity contribution is 5.82. The number of nitrogens with zero attached hydrogens (tertiary/aromatic N) is 2. The van der Waals surface area contributed by atoms with Crippen LogP contribution in [0.5, 0.6) is 5.75 Å². The van der Waals surface area contributed by atoms with Crippen LogP contribution in [0.4, 0.5) is 0 Å². The summed E-state index contributed by atoms with van der Waals surface area (Å²) < 4.78 is 5.57. The van der Waals surface area contributed by atoms with Crippen molar-refractivity contribution in [1.29, 1.82) is 0 Å². The number of hydrazone groups is 1. The van der Waals surface area contributed by atoms with Crippen molar-refractivity contribution in [2.75, 3.05) is 6.61 Å². The maximum atomic E-state index is 11.7. The number of pyridine rings is 1. The van der Waals surface area contributed by atoms with Gasteiger partial charge in [0.05, 0.1) is 6.21 Å². The van der Waals surface area contributed by atoms with Crippen LogP contribution >= 0.6 is 0 Å². The molecule has 0 spiro atoms. The van der Waals surface area contributed by atoms with E-state index in [9.17, 15) is 4.79 Å². The molecule has 2 aromatic rings. The van der Waals surface area contributed by atoms with E-state index in [1.165, 1.54) is 0 Å². The van der Waals surface area contributed by atoms with Crippen LogP contribution < -0.4 is 10.2 Å². The Kier molecular flexibility index (Phi) is 5.25. The summed E-state index contributed by atoms with van der Waals surface area (Å²) in [6, 6.07) is 7.60. The van der Waals surface area contributed by atoms with Gasteiger partial charge >= 0.3 is 0 Å². The third-order valence-electron chi connectivity index (χ3n) is 3.23. The van der Waals surface area contributed by atoms with E-state index < -0.39 is 0 Å². The third kappa shape index (κ3) is 4.41. The molecule has 5 heteroatoms. The Morgan fingerprint density at radius 1 is 1.27 bits per heavy atom. The molecular weight excluding hydrogens is 278 g/mol. The normalized spacial score (nSPS) is 10.7. The van der Waals surface area contributed by atoms with Gasteiger partial charge < -0.3 is 4.74 Å². The van der Waals surface area contributed by atoms with Gasteiger partial charge in [0.1, 0.15) is 5.75 Å². The third-order valence-corrected chi connectivity index (χ3v) is 3.23. The molecule has 5 nitrogen and oxygen atoms in total. The van der Waals surface area contributed by atoms with Gasteiger partial charge in [-0.15, -0.1) is 0 Å². The maximum absolute atomic E-state index is 11.7. The van der Waals surface area contributed by atoms with Gasteiger partial charge in [0.15, 0.2) is 6.61 Å². The standard InChI is InChI=1S/C17H19N3O2/c1-12-8-13(2)14(3)16(9-12)22-11-17(21)20-19-10-15-4-6-18-7-5-15/h4-10H,11H2,1-3H3,(H,20,21)/b19-10+. The molecule has 0 radical (unpaired) electrons. The molecule has 1 N–H and O–H groups in total. The highest BCUT2D eigenvalue weighted by Gasteiger charge is 2.06. The molecule has 2 rings (SSSR count). The molecule has 1 aromatic carbocycles. The average molecular weight is 297 g/mol. The van der Waals surface area contributed by atoms with Crippen LogP contribution in [0, 0.1) is 20.8 Å². The fourth-order valence-electron chi connectivity index (χ4n) is 1.95. The zero-order valence-corrected chi connectivity index (χ0v) is 13.0. The lowest BCUT2D eigenvalue weighted by Crippen LogP contribution is -2.24. The van der Waals surface area contributed by atoms with E-state index in [-0.39, 0.29) is 12.5 Å². The topological polar surface area (TPSA) is 63.6 Å². The van der Waals surface area contributed by atoms with Crippen molar-refractivity contribution in [2.24, 2.45) is 5.10 Å². The molecule has 114 valence electrons. The Labute approximate surface area is 130 Å². The number of carbonyl (C=O) groups is 1. The van der Waals surface area contributed by atoms with Gasteiger partial charge in [0.25, 0.3) is 5.91 Å². The van der Waals surface area contributed by atoms with Crippen LogP contribution in [0.1, 0.15) is 22.3 Å². The summed E-state index contributed by atoms with van der Waals surface area (Å²) in [6.07, 6.45) is 4.88. The molecule has 0 bridgehead atoms. The van der Waals surface area contributed by atoms with Crippen molar-refractivity contribution < 1.29 is 9.53 Å². The maximum Gasteiger partial charge on any atom is 0.277 e. The first kappa shape index (κ1) is 15.7. The zero-order valence-electron chi connectivity index (χ0n) is 13.0. The van der Waals surface area contributed by atoms with E-state index >= 15 is 0 Å². The second-order valence-electron chi connectivity index (χ2n) is 5.07. The molecule has 1 amide bonds. The van der Waals surface area contributed by atoms with Gasteiger partial charge in [-0.2, -0.15) is 5.10 Å². The number of aromatic nitrogens is 1. The Bertz CT molecular complexity index is 682. The van der Waals surface area contributed by atoms with E-state index in [1.54, 1.807) is 30.7 Å². The minimum atomic E-state index is -0.302. The number of aryl methyl sites for hydroxylation is 2. The molecule has 0 aliphatic carbocycles. The molecule has 0 fully saturated rings. The second kappa shape index (κ2) is 7.36. The van der Waals surface area contributed by atoms with Crippen molar-refractivity contribution in [3.63, 3.8) is 0 Å². The Morgan fingerprint density at radius 3 is 2.73 bits per heavy atom. The molecule has 0 unspecified atom stereocenters. The van der Waals surface area contributed by atoms with Gasteiger partial charge in [-0.05, 0) is 61.2 Å². The largest absolute Gasteiger partial charge is 0.483 e. The van der Waals surface area contributed by atoms with Crippen molar-refractivity contribution >= 4 is 12.1 Å². The van der Waals surface area contributed by atoms with Crippen molar-refractivity contribution in [1.82, 2.24) is 10.4 Å². The van der Waals surface area contributed by atoms with Crippen molar-refractivity contribution in [3.8, 4) is 5.75 Å². The van der Waals surface area contributed by atoms with E-state index in [0.717, 1.165) is 28.0 Å². The second-order valence-corrected chi connectivity index (χ2v) is 5.07. The van der Waals surface area contributed by atoms with Gasteiger partial charge in [0, 0.05) is 12.4 Å². The van der Waals surface area contributed by atoms with E-state index in [1.807, 2.05) is 26.8 Å². The van der Waals surface area contributed by atoms with Crippen molar-refractivity contribution in [3.05, 3.63) is 58.9 Å². The first-order chi connectivity index (χ1) is 10.6. The summed E-state index contributed by atoms with van der Waals surface area (Å²) >= 11 is 0. The smallest absolute Gasteiger partial charge is 0.277 e. The molecule has 0 aliphatic heterocycles. The minimum Gasteiger partial charge on any atom is -0.483 e. The molecule has 0 atom stereocenters. The highest BCUT2D eigenvalue weighted by Crippen LogP contribution is 2.23. The highest BCUT2D eigenvalue weighted by atomic mass is 16.5. The SMILES string of the molecule is Cc1cc(C)c(C)c(OCC(=O)N/N=C/c2ccncc2)c1. The van der Waals surface area contributed by atoms with E-state index in [0.29, 0.717) is 0 Å². The summed E-state index contributed by atoms with van der Waals surface area (Å²) in [6.45, 7) is 5.92. The van der Waals surface area contributed by atoms with E-state index in [2.05, 4.69) is 21.6 Å². The van der Waals surface area contributed by atoms with E-state index in [4.69, 9.17) is 4.74 Å². The van der Waals surface area contributed by atoms with Gasteiger partial charge in [-0.3, -0.25) is 9.78 Å². The van der Waals surface area contributed by atoms with Crippen LogP contribution in [0.2, 0.25) is 0 Å². The summed E-state index contributed by atoms with van der Waals surface area (Å²) in [5, 5.41) is 3.88. The lowest BCUT2D eigenvalue weighted by atomic mass is 10.1. The number of hydrogen-bond donors (Lipinski definition) is 1. The first-order valence-corrected chi connectivity index (χ1v) is 6.99. The summed E-state index contributed by atoms with van der Waals surface area (Å²) in [5.41, 5.74) is 6.59. The molecular formula is C17H19N3O2. The summed E-state index contributed by atoms with van der Waals surface area (Å²) in [4.78, 5) is 15.6. The summed E-state index contributed by atoms with van der Waals surface area (Å²) in [7, 11) is 0. The zero-order chi connectivity index (χ0) is 15.9. The van der Waals surface area contributed by atoms with Crippen LogP contribution in [0.15, 0.2) is 41.8 Å². The Hall–Kier alpha value is -2.69. The van der Waals surface area contributed by atoms with Gasteiger partial charge in [0.2, 0.25) is 0 Å². The molecule has 22 heavy (non-hydrogen) atoms. The molecule has 0 aliphatic rings. The fourth-order valence-corrected chi connectivity index (χ4v) is 1.95. The number of carbonyl (C=O) groups excluding carboxylic acids is 1. The number of nitrogens with one attached hydrogen (secondary N) is 1. The summed E-state index contributed by atoms with van der Waals surface area (Å²) in [5.74, 6) is 0.426. The molecule has 1 aromatic heterocycles. The number of rotatable bonds is 5. The predicted molar refractivity (Wildman–Crippen MR) is 86.1 cm³/mol. The molecule has 0 saturated heterocycles.